The summed E-state index contributed by atoms with van der Waals surface area (Å²) in [6, 6.07) is 17.2. The van der Waals surface area contributed by atoms with Gasteiger partial charge < -0.3 is 80.2 Å². The Bertz CT molecular complexity index is 3290. The number of fused-ring (bicyclic) bond motifs is 6. The van der Waals surface area contributed by atoms with Crippen molar-refractivity contribution in [2.24, 2.45) is 59.0 Å². The fraction of sp³-hybridized carbons (Fsp3) is 0.756. The van der Waals surface area contributed by atoms with Crippen LogP contribution in [0.15, 0.2) is 54.6 Å². The van der Waals surface area contributed by atoms with E-state index in [9.17, 15) is 74.3 Å². The smallest absolute Gasteiger partial charge is 0.405 e. The van der Waals surface area contributed by atoms with Gasteiger partial charge in [-0.2, -0.15) is 39.5 Å². The maximum atomic E-state index is 12.4. The summed E-state index contributed by atoms with van der Waals surface area (Å²) in [5.74, 6) is 1.99. The molecule has 3 aromatic carbocycles. The van der Waals surface area contributed by atoms with Crippen molar-refractivity contribution in [3.05, 3.63) is 88.0 Å². The normalized spacial score (nSPS) is 26.1. The molecule has 17 atom stereocenters. The van der Waals surface area contributed by atoms with Crippen molar-refractivity contribution in [2.75, 3.05) is 59.8 Å². The van der Waals surface area contributed by atoms with Gasteiger partial charge in [0, 0.05) is 20.3 Å². The second-order valence-corrected chi connectivity index (χ2v) is 32.4. The first-order valence-electron chi connectivity index (χ1n) is 42.1. The van der Waals surface area contributed by atoms with Gasteiger partial charge in [-0.15, -0.1) is 0 Å². The van der Waals surface area contributed by atoms with E-state index in [-0.39, 0.29) is 67.5 Å². The molecule has 2 saturated heterocycles. The van der Waals surface area contributed by atoms with Crippen LogP contribution in [0.1, 0.15) is 228 Å². The van der Waals surface area contributed by atoms with Gasteiger partial charge in [0.05, 0.1) is 43.2 Å². The summed E-state index contributed by atoms with van der Waals surface area (Å²) in [4.78, 5) is 34.5. The van der Waals surface area contributed by atoms with Gasteiger partial charge in [-0.05, 0) is 259 Å². The zero-order valence-electron chi connectivity index (χ0n) is 67.2. The number of carboxylic acids is 1. The minimum atomic E-state index is -4.46. The number of aliphatic hydroxyl groups excluding tert-OH is 5. The number of carboxylic acid groups (broad SMARTS) is 1. The van der Waals surface area contributed by atoms with Crippen LogP contribution in [-0.4, -0.2) is 176 Å². The van der Waals surface area contributed by atoms with E-state index < -0.39 is 75.3 Å². The standard InChI is InChI=1S/C30H44F3NO5.C28H42O6.C25H36F3NO4.C2H4F3N.CH4O/c1-2-3-4-9-22(39-29-11-5-6-14-37-29)12-13-23-24-15-20-8-7-10-27(25(20)16-21(24)17-26(23)35)38-18-28(36)34-19-30(31,32)33;1-2-3-4-9-21(34-28-11-5-6-14-32-28)12-13-22-23-15-19-8-7-10-26(33-18-27(30)31)24(19)16-20(23)17-25(22)29;1-2-3-4-7-18(30)9-10-19-20-11-16-6-5-8-23(21(16)12-17(20)13-22(19)31)33-14-24(32)29-15-25(26,27)28;3-2(4,5)1-6;1-2/h7-8,10,21-24,26,29,35H,2-6,9,11-19H2,1H3,(H,34,36);7-8,10,20-23,25,28-29H,2-6,9,11-18H2,1H3,(H,30,31);5-6,8,17-20,22,30-31H,2-4,7,9-15H2,1H3,(H,29,32);1,6H2;2H,1H3/t21-,22-,23+,24-,26+,29?;20-,21-,22+,23-,25+,28?;17-,18-,19+,20-,22+;;/m000../s1. The molecular weight excluding hydrogens is 1500 g/mol. The summed E-state index contributed by atoms with van der Waals surface area (Å²) in [7, 11) is 1.00. The lowest BCUT2D eigenvalue weighted by atomic mass is 9.73. The highest BCUT2D eigenvalue weighted by Crippen LogP contribution is 2.52. The van der Waals surface area contributed by atoms with Crippen LogP contribution in [0.3, 0.4) is 0 Å². The Morgan fingerprint density at radius 1 is 0.482 bits per heavy atom. The number of amides is 2. The number of carbonyl (C=O) groups excluding carboxylic acids is 2. The van der Waals surface area contributed by atoms with Crippen molar-refractivity contribution in [3.63, 3.8) is 0 Å². The molecule has 10 N–H and O–H groups in total. The average Bonchev–Trinajstić information content (AvgIpc) is 1.69. The second-order valence-electron chi connectivity index (χ2n) is 32.4. The Balaban J connectivity index is 0.000000226. The fourth-order valence-corrected chi connectivity index (χ4v) is 18.5. The molecular formula is C86H130F9N3O16. The van der Waals surface area contributed by atoms with Crippen molar-refractivity contribution >= 4 is 17.8 Å². The molecule has 0 aromatic heterocycles. The summed E-state index contributed by atoms with van der Waals surface area (Å²) in [6.07, 6.45) is 17.9. The number of nitrogens with one attached hydrogen (secondary N) is 2. The van der Waals surface area contributed by atoms with Crippen molar-refractivity contribution in [2.45, 2.75) is 300 Å². The molecule has 3 aromatic rings. The maximum Gasteiger partial charge on any atom is 0.405 e. The van der Waals surface area contributed by atoms with Crippen LogP contribution in [0.4, 0.5) is 39.5 Å². The number of aliphatic carboxylic acids is 1. The third kappa shape index (κ3) is 32.0. The number of hydrogen-bond acceptors (Lipinski definition) is 16. The highest BCUT2D eigenvalue weighted by atomic mass is 19.4. The van der Waals surface area contributed by atoms with Crippen LogP contribution in [0.25, 0.3) is 0 Å². The molecule has 19 nitrogen and oxygen atoms in total. The number of rotatable bonds is 36. The number of alkyl halides is 9. The molecule has 2 amide bonds. The highest BCUT2D eigenvalue weighted by Gasteiger charge is 2.48. The zero-order chi connectivity index (χ0) is 83.0. The number of aliphatic hydroxyl groups is 5. The highest BCUT2D eigenvalue weighted by molar-refractivity contribution is 5.78. The number of ether oxygens (including phenoxy) is 7. The summed E-state index contributed by atoms with van der Waals surface area (Å²) >= 11 is 0. The minimum absolute atomic E-state index is 0.0626. The molecule has 2 unspecified atom stereocenters. The lowest BCUT2D eigenvalue weighted by Crippen LogP contribution is -2.36. The van der Waals surface area contributed by atoms with Gasteiger partial charge in [-0.1, -0.05) is 115 Å². The molecule has 2 heterocycles. The van der Waals surface area contributed by atoms with Crippen LogP contribution in [0.2, 0.25) is 0 Å². The van der Waals surface area contributed by atoms with Crippen molar-refractivity contribution < 1.29 is 118 Å². The van der Waals surface area contributed by atoms with E-state index in [4.69, 9.17) is 43.4 Å². The number of benzene rings is 3. The van der Waals surface area contributed by atoms with Crippen molar-refractivity contribution in [1.82, 2.24) is 10.6 Å². The van der Waals surface area contributed by atoms with Gasteiger partial charge in [0.25, 0.3) is 11.8 Å². The molecule has 0 radical (unpaired) electrons. The minimum Gasteiger partial charge on any atom is -0.483 e. The van der Waals surface area contributed by atoms with E-state index in [1.807, 2.05) is 41.0 Å². The monoisotopic (exact) mass is 1630 g/mol. The van der Waals surface area contributed by atoms with E-state index in [1.165, 1.54) is 44.1 Å². The van der Waals surface area contributed by atoms with Gasteiger partial charge >= 0.3 is 24.5 Å². The number of nitrogens with two attached hydrogens (primary N) is 1. The second kappa shape index (κ2) is 48.5. The molecule has 28 heteroatoms. The van der Waals surface area contributed by atoms with Gasteiger partial charge in [-0.25, -0.2) is 4.79 Å². The molecule has 11 rings (SSSR count). The Morgan fingerprint density at radius 3 is 1.14 bits per heavy atom. The van der Waals surface area contributed by atoms with Crippen molar-refractivity contribution in [1.29, 1.82) is 0 Å². The molecule has 3 saturated carbocycles. The van der Waals surface area contributed by atoms with Crippen LogP contribution in [0, 0.1) is 53.3 Å². The first-order valence-corrected chi connectivity index (χ1v) is 42.1. The summed E-state index contributed by atoms with van der Waals surface area (Å²) in [5.41, 5.74) is 10.8. The molecule has 8 aliphatic rings. The molecule has 114 heavy (non-hydrogen) atoms. The van der Waals surface area contributed by atoms with E-state index in [1.54, 1.807) is 12.1 Å². The van der Waals surface area contributed by atoms with E-state index in [2.05, 4.69) is 38.6 Å². The fourth-order valence-electron chi connectivity index (χ4n) is 18.5. The first-order chi connectivity index (χ1) is 54.5. The van der Waals surface area contributed by atoms with Crippen LogP contribution < -0.4 is 30.6 Å². The largest absolute Gasteiger partial charge is 0.483 e. The zero-order valence-corrected chi connectivity index (χ0v) is 67.2. The van der Waals surface area contributed by atoms with Gasteiger partial charge in [-0.3, -0.25) is 9.59 Å². The van der Waals surface area contributed by atoms with Crippen LogP contribution in [-0.2, 0) is 71.9 Å². The molecule has 648 valence electrons. The molecule has 0 bridgehead atoms. The van der Waals surface area contributed by atoms with E-state index in [0.717, 1.165) is 202 Å². The van der Waals surface area contributed by atoms with Gasteiger partial charge in [0.1, 0.15) is 30.3 Å². The van der Waals surface area contributed by atoms with Gasteiger partial charge in [0.2, 0.25) is 0 Å². The Labute approximate surface area is 667 Å². The number of carbonyl (C=O) groups is 3. The number of hydrogen-bond donors (Lipinski definition) is 9. The summed E-state index contributed by atoms with van der Waals surface area (Å²) in [6.45, 7) is 2.91. The first kappa shape index (κ1) is 95.6. The molecule has 0 spiro atoms. The topological polar surface area (TPSA) is 287 Å². The third-order valence-corrected chi connectivity index (χ3v) is 24.2. The molecule has 6 aliphatic carbocycles. The Morgan fingerprint density at radius 2 is 0.825 bits per heavy atom. The predicted molar refractivity (Wildman–Crippen MR) is 413 cm³/mol. The summed E-state index contributed by atoms with van der Waals surface area (Å²) in [5, 5.41) is 62.8. The number of halogens is 9. The van der Waals surface area contributed by atoms with Crippen LogP contribution >= 0.6 is 0 Å². The van der Waals surface area contributed by atoms with E-state index >= 15 is 0 Å². The lowest BCUT2D eigenvalue weighted by Gasteiger charge is -2.33. The third-order valence-electron chi connectivity index (χ3n) is 24.2. The number of unbranched alkanes of at least 4 members (excludes halogenated alkanes) is 6. The Kier molecular flexibility index (Phi) is 40.7. The van der Waals surface area contributed by atoms with Crippen LogP contribution in [0.5, 0.6) is 17.2 Å². The Hall–Kier alpha value is -5.56. The average molecular weight is 1630 g/mol. The summed E-state index contributed by atoms with van der Waals surface area (Å²) < 4.78 is 147. The quantitative estimate of drug-likeness (QED) is 0.0193. The predicted octanol–water partition coefficient (Wildman–Crippen LogP) is 15.2. The lowest BCUT2D eigenvalue weighted by molar-refractivity contribution is -0.191. The molecule has 2 aliphatic heterocycles. The van der Waals surface area contributed by atoms with E-state index in [0.29, 0.717) is 72.0 Å². The SMILES string of the molecule is CCCCC[C@@H](CC[C@@H]1[C@H]2Cc3cccc(OCC(=O)NCC(F)(F)F)c3C[C@H]2C[C@H]1O)OC1CCCCO1.CCCCC[C@@H](CC[C@@H]1[C@H]2Cc3cccc(OCC(=O)O)c3C[C@H]2C[C@H]1O)OC1CCCCO1.CCCCC[C@H](O)CC[C@@H]1[C@H]2Cc3cccc(OCC(=O)NCC(F)(F)F)c3C[C@H]2C[C@H]1O.CO.NCC(F)(F)F. The molecule has 5 fully saturated rings. The van der Waals surface area contributed by atoms with Gasteiger partial charge in [0.15, 0.2) is 32.4 Å². The van der Waals surface area contributed by atoms with Crippen molar-refractivity contribution in [3.8, 4) is 17.2 Å². The maximum absolute atomic E-state index is 12.4.